The van der Waals surface area contributed by atoms with E-state index in [1.807, 2.05) is 37.4 Å². The van der Waals surface area contributed by atoms with Crippen molar-refractivity contribution < 1.29 is 9.94 Å². The number of fused-ring (bicyclic) bond motifs is 2. The lowest BCUT2D eigenvalue weighted by Gasteiger charge is -2.29. The zero-order valence-corrected chi connectivity index (χ0v) is 12.7. The number of hydrogen-bond donors (Lipinski definition) is 2. The molecule has 1 aromatic carbocycles. The number of hydrogen-bond acceptors (Lipinski definition) is 6. The number of anilines is 1. The SMILES string of the molecule is Cc1cc2nc(Oc3ccc4c(c3)CC(N)CN4O)ccn2n1. The van der Waals surface area contributed by atoms with E-state index in [1.165, 1.54) is 5.06 Å². The minimum Gasteiger partial charge on any atom is -0.439 e. The summed E-state index contributed by atoms with van der Waals surface area (Å²) in [6, 6.07) is 9.10. The van der Waals surface area contributed by atoms with Crippen LogP contribution in [0.2, 0.25) is 0 Å². The lowest BCUT2D eigenvalue weighted by Crippen LogP contribution is -2.41. The number of benzene rings is 1. The summed E-state index contributed by atoms with van der Waals surface area (Å²) in [7, 11) is 0. The van der Waals surface area contributed by atoms with Gasteiger partial charge in [0, 0.05) is 24.4 Å². The smallest absolute Gasteiger partial charge is 0.222 e. The number of aryl methyl sites for hydroxylation is 1. The van der Waals surface area contributed by atoms with Gasteiger partial charge in [0.1, 0.15) is 5.75 Å². The van der Waals surface area contributed by atoms with Gasteiger partial charge in [-0.2, -0.15) is 10.1 Å². The highest BCUT2D eigenvalue weighted by Gasteiger charge is 2.21. The van der Waals surface area contributed by atoms with Crippen LogP contribution in [0.5, 0.6) is 11.6 Å². The van der Waals surface area contributed by atoms with Crippen molar-refractivity contribution in [2.24, 2.45) is 5.73 Å². The second-order valence-electron chi connectivity index (χ2n) is 5.79. The molecular weight excluding hydrogens is 294 g/mol. The largest absolute Gasteiger partial charge is 0.439 e. The Kier molecular flexibility index (Phi) is 3.17. The fraction of sp³-hybridized carbons (Fsp3) is 0.250. The first kappa shape index (κ1) is 14.0. The summed E-state index contributed by atoms with van der Waals surface area (Å²) in [6.45, 7) is 2.36. The lowest BCUT2D eigenvalue weighted by molar-refractivity contribution is 0.238. The van der Waals surface area contributed by atoms with Gasteiger partial charge in [-0.3, -0.25) is 10.3 Å². The summed E-state index contributed by atoms with van der Waals surface area (Å²) in [6.07, 6.45) is 2.52. The Morgan fingerprint density at radius 3 is 3.04 bits per heavy atom. The fourth-order valence-electron chi connectivity index (χ4n) is 2.87. The fourth-order valence-corrected chi connectivity index (χ4v) is 2.87. The highest BCUT2D eigenvalue weighted by Crippen LogP contribution is 2.30. The van der Waals surface area contributed by atoms with E-state index in [-0.39, 0.29) is 6.04 Å². The van der Waals surface area contributed by atoms with Gasteiger partial charge in [-0.15, -0.1) is 0 Å². The number of ether oxygens (including phenoxy) is 1. The van der Waals surface area contributed by atoms with Gasteiger partial charge in [0.05, 0.1) is 17.9 Å². The molecule has 0 saturated carbocycles. The van der Waals surface area contributed by atoms with Crippen molar-refractivity contribution in [2.75, 3.05) is 11.6 Å². The Bertz CT molecular complexity index is 876. The molecule has 7 nitrogen and oxygen atoms in total. The second kappa shape index (κ2) is 5.22. The number of nitrogens with zero attached hydrogens (tertiary/aromatic N) is 4. The Labute approximate surface area is 132 Å². The van der Waals surface area contributed by atoms with Crippen LogP contribution in [-0.4, -0.2) is 32.4 Å². The third-order valence-corrected chi connectivity index (χ3v) is 3.86. The van der Waals surface area contributed by atoms with E-state index in [4.69, 9.17) is 10.5 Å². The van der Waals surface area contributed by atoms with Gasteiger partial charge in [-0.25, -0.2) is 4.52 Å². The maximum absolute atomic E-state index is 9.92. The van der Waals surface area contributed by atoms with Crippen molar-refractivity contribution in [1.82, 2.24) is 14.6 Å². The molecule has 0 saturated heterocycles. The van der Waals surface area contributed by atoms with Crippen LogP contribution in [-0.2, 0) is 6.42 Å². The number of hydroxylamine groups is 1. The summed E-state index contributed by atoms with van der Waals surface area (Å²) in [4.78, 5) is 4.43. The molecule has 3 heterocycles. The van der Waals surface area contributed by atoms with Crippen molar-refractivity contribution in [1.29, 1.82) is 0 Å². The summed E-state index contributed by atoms with van der Waals surface area (Å²) in [5.41, 5.74) is 9.32. The molecular formula is C16H17N5O2. The molecule has 0 spiro atoms. The standard InChI is InChI=1S/C16H17N5O2/c1-10-6-15-18-16(4-5-20(15)19-10)23-13-2-3-14-11(8-13)7-12(17)9-21(14)22/h2-6,8,12,22H,7,9,17H2,1H3. The number of aromatic nitrogens is 3. The summed E-state index contributed by atoms with van der Waals surface area (Å²) < 4.78 is 7.55. The molecule has 0 fully saturated rings. The van der Waals surface area contributed by atoms with Gasteiger partial charge in [0.2, 0.25) is 5.88 Å². The second-order valence-corrected chi connectivity index (χ2v) is 5.79. The summed E-state index contributed by atoms with van der Waals surface area (Å²) in [5.74, 6) is 1.16. The summed E-state index contributed by atoms with van der Waals surface area (Å²) in [5, 5.41) is 15.4. The third kappa shape index (κ3) is 2.60. The predicted octanol–water partition coefficient (Wildman–Crippen LogP) is 1.91. The van der Waals surface area contributed by atoms with Crippen LogP contribution >= 0.6 is 0 Å². The predicted molar refractivity (Wildman–Crippen MR) is 85.1 cm³/mol. The average Bonchev–Trinajstić information content (AvgIpc) is 2.86. The molecule has 2 aromatic heterocycles. The molecule has 0 aliphatic carbocycles. The molecule has 3 N–H and O–H groups in total. The number of nitrogens with two attached hydrogens (primary N) is 1. The maximum Gasteiger partial charge on any atom is 0.222 e. The van der Waals surface area contributed by atoms with Crippen LogP contribution in [0.15, 0.2) is 36.5 Å². The first-order chi connectivity index (χ1) is 11.1. The molecule has 118 valence electrons. The van der Waals surface area contributed by atoms with E-state index in [0.717, 1.165) is 22.6 Å². The first-order valence-electron chi connectivity index (χ1n) is 7.44. The van der Waals surface area contributed by atoms with Gasteiger partial charge in [0.15, 0.2) is 5.65 Å². The Morgan fingerprint density at radius 2 is 2.17 bits per heavy atom. The van der Waals surface area contributed by atoms with E-state index < -0.39 is 0 Å². The molecule has 0 amide bonds. The molecule has 23 heavy (non-hydrogen) atoms. The van der Waals surface area contributed by atoms with E-state index in [2.05, 4.69) is 10.1 Å². The molecule has 1 unspecified atom stereocenters. The maximum atomic E-state index is 9.92. The quantitative estimate of drug-likeness (QED) is 0.751. The zero-order valence-electron chi connectivity index (χ0n) is 12.7. The Hall–Kier alpha value is -2.64. The van der Waals surface area contributed by atoms with Crippen LogP contribution < -0.4 is 15.5 Å². The molecule has 0 bridgehead atoms. The van der Waals surface area contributed by atoms with Gasteiger partial charge >= 0.3 is 0 Å². The molecule has 3 aromatic rings. The first-order valence-corrected chi connectivity index (χ1v) is 7.44. The van der Waals surface area contributed by atoms with Crippen LogP contribution in [0.4, 0.5) is 5.69 Å². The minimum atomic E-state index is -0.0907. The van der Waals surface area contributed by atoms with Crippen molar-refractivity contribution in [2.45, 2.75) is 19.4 Å². The number of rotatable bonds is 2. The van der Waals surface area contributed by atoms with Crippen molar-refractivity contribution >= 4 is 11.3 Å². The van der Waals surface area contributed by atoms with Crippen molar-refractivity contribution in [3.05, 3.63) is 47.8 Å². The van der Waals surface area contributed by atoms with E-state index in [1.54, 1.807) is 10.6 Å². The Morgan fingerprint density at radius 1 is 1.30 bits per heavy atom. The molecule has 1 aliphatic rings. The van der Waals surface area contributed by atoms with Gasteiger partial charge in [-0.05, 0) is 37.1 Å². The van der Waals surface area contributed by atoms with Crippen LogP contribution in [0.1, 0.15) is 11.3 Å². The van der Waals surface area contributed by atoms with Crippen molar-refractivity contribution in [3.8, 4) is 11.6 Å². The van der Waals surface area contributed by atoms with E-state index >= 15 is 0 Å². The van der Waals surface area contributed by atoms with Gasteiger partial charge in [-0.1, -0.05) is 0 Å². The minimum absolute atomic E-state index is 0.0907. The highest BCUT2D eigenvalue weighted by atomic mass is 16.5. The zero-order chi connectivity index (χ0) is 16.0. The molecule has 1 aliphatic heterocycles. The molecule has 0 radical (unpaired) electrons. The molecule has 1 atom stereocenters. The van der Waals surface area contributed by atoms with E-state index in [9.17, 15) is 5.21 Å². The topological polar surface area (TPSA) is 88.9 Å². The average molecular weight is 311 g/mol. The Balaban J connectivity index is 1.64. The summed E-state index contributed by atoms with van der Waals surface area (Å²) >= 11 is 0. The van der Waals surface area contributed by atoms with Crippen LogP contribution in [0.25, 0.3) is 5.65 Å². The third-order valence-electron chi connectivity index (χ3n) is 3.86. The lowest BCUT2D eigenvalue weighted by atomic mass is 10.00. The van der Waals surface area contributed by atoms with E-state index in [0.29, 0.717) is 24.6 Å². The van der Waals surface area contributed by atoms with Crippen LogP contribution in [0, 0.1) is 6.92 Å². The normalized spacial score (nSPS) is 17.3. The van der Waals surface area contributed by atoms with Crippen molar-refractivity contribution in [3.63, 3.8) is 0 Å². The van der Waals surface area contributed by atoms with Gasteiger partial charge < -0.3 is 10.5 Å². The highest BCUT2D eigenvalue weighted by molar-refractivity contribution is 5.57. The van der Waals surface area contributed by atoms with Gasteiger partial charge in [0.25, 0.3) is 0 Å². The monoisotopic (exact) mass is 311 g/mol. The molecule has 4 rings (SSSR count). The molecule has 7 heteroatoms. The van der Waals surface area contributed by atoms with Crippen LogP contribution in [0.3, 0.4) is 0 Å².